The third-order valence-corrected chi connectivity index (χ3v) is 1.43. The van der Waals surface area contributed by atoms with E-state index in [1.165, 1.54) is 0 Å². The Kier molecular flexibility index (Phi) is 2.78. The van der Waals surface area contributed by atoms with E-state index in [4.69, 9.17) is 0 Å². The van der Waals surface area contributed by atoms with Gasteiger partial charge in [-0.05, 0) is 4.92 Å². The van der Waals surface area contributed by atoms with E-state index >= 15 is 0 Å². The number of hydrogen-bond acceptors (Lipinski definition) is 5. The molecule has 0 aliphatic carbocycles. The summed E-state index contributed by atoms with van der Waals surface area (Å²) in [5.74, 6) is -1.21. The van der Waals surface area contributed by atoms with Crippen LogP contribution < -0.4 is 0 Å². The molecule has 8 nitrogen and oxygen atoms in total. The summed E-state index contributed by atoms with van der Waals surface area (Å²) in [4.78, 5) is 18.1. The molecule has 1 aromatic rings. The Morgan fingerprint density at radius 3 is 2.19 bits per heavy atom. The fourth-order valence-corrected chi connectivity index (χ4v) is 0.924. The minimum atomic E-state index is -4.66. The van der Waals surface area contributed by atoms with E-state index in [1.807, 2.05) is 0 Å². The predicted octanol–water partition coefficient (Wildman–Crippen LogP) is 1.26. The van der Waals surface area contributed by atoms with Crippen LogP contribution in [-0.2, 0) is 6.54 Å². The van der Waals surface area contributed by atoms with Crippen LogP contribution in [0.15, 0.2) is 6.20 Å². The first-order valence-corrected chi connectivity index (χ1v) is 3.63. The Morgan fingerprint density at radius 2 is 1.88 bits per heavy atom. The van der Waals surface area contributed by atoms with Gasteiger partial charge < -0.3 is 10.1 Å². The average molecular weight is 240 g/mol. The molecule has 0 saturated carbocycles. The third kappa shape index (κ3) is 2.65. The molecule has 0 fully saturated rings. The maximum absolute atomic E-state index is 11.9. The van der Waals surface area contributed by atoms with Crippen molar-refractivity contribution in [3.8, 4) is 0 Å². The summed E-state index contributed by atoms with van der Waals surface area (Å²) >= 11 is 0. The van der Waals surface area contributed by atoms with Gasteiger partial charge in [0.05, 0.1) is 10.0 Å². The highest BCUT2D eigenvalue weighted by Gasteiger charge is 2.36. The molecule has 0 aromatic carbocycles. The second kappa shape index (κ2) is 3.75. The van der Waals surface area contributed by atoms with Gasteiger partial charge in [-0.2, -0.15) is 17.9 Å². The molecule has 1 heterocycles. The van der Waals surface area contributed by atoms with Crippen LogP contribution in [0, 0.1) is 20.2 Å². The summed E-state index contributed by atoms with van der Waals surface area (Å²) in [5.41, 5.74) is -1.07. The molecule has 0 unspecified atom stereocenters. The smallest absolute Gasteiger partial charge is 0.358 e. The fourth-order valence-electron chi connectivity index (χ4n) is 0.924. The van der Waals surface area contributed by atoms with Gasteiger partial charge in [-0.3, -0.25) is 10.1 Å². The highest BCUT2D eigenvalue weighted by molar-refractivity contribution is 5.44. The number of nitro groups is 2. The molecule has 0 N–H and O–H groups in total. The van der Waals surface area contributed by atoms with Gasteiger partial charge in [0.2, 0.25) is 0 Å². The highest BCUT2D eigenvalue weighted by Crippen LogP contribution is 2.26. The lowest BCUT2D eigenvalue weighted by molar-refractivity contribution is -0.424. The predicted molar refractivity (Wildman–Crippen MR) is 41.6 cm³/mol. The fraction of sp³-hybridized carbons (Fsp3) is 0.400. The van der Waals surface area contributed by atoms with E-state index in [0.29, 0.717) is 6.20 Å². The molecule has 0 spiro atoms. The van der Waals surface area contributed by atoms with Crippen LogP contribution >= 0.6 is 0 Å². The monoisotopic (exact) mass is 240 g/mol. The van der Waals surface area contributed by atoms with E-state index in [1.54, 1.807) is 0 Å². The van der Waals surface area contributed by atoms with Crippen molar-refractivity contribution in [2.24, 2.45) is 0 Å². The molecular weight excluding hydrogens is 237 g/mol. The molecule has 1 rings (SSSR count). The number of hydrogen-bond donors (Lipinski definition) is 0. The number of aromatic nitrogens is 2. The summed E-state index contributed by atoms with van der Waals surface area (Å²) in [6.07, 6.45) is -4.29. The topological polar surface area (TPSA) is 104 Å². The first kappa shape index (κ1) is 11.9. The van der Waals surface area contributed by atoms with E-state index in [0.717, 1.165) is 0 Å². The Morgan fingerprint density at radius 1 is 1.31 bits per heavy atom. The molecular formula is C5H3F3N4O4. The van der Waals surface area contributed by atoms with Gasteiger partial charge in [0, 0.05) is 0 Å². The average Bonchev–Trinajstić information content (AvgIpc) is 2.44. The molecule has 16 heavy (non-hydrogen) atoms. The van der Waals surface area contributed by atoms with Crippen LogP contribution in [0.25, 0.3) is 0 Å². The Balaban J connectivity index is 3.12. The van der Waals surface area contributed by atoms with E-state index in [9.17, 15) is 33.4 Å². The van der Waals surface area contributed by atoms with Crippen molar-refractivity contribution >= 4 is 11.5 Å². The molecule has 0 amide bonds. The number of rotatable bonds is 3. The molecule has 0 aliphatic rings. The second-order valence-electron chi connectivity index (χ2n) is 2.66. The van der Waals surface area contributed by atoms with Crippen molar-refractivity contribution in [1.82, 2.24) is 9.78 Å². The molecule has 0 atom stereocenters. The van der Waals surface area contributed by atoms with E-state index in [-0.39, 0.29) is 4.68 Å². The Bertz CT molecular complexity index is 408. The van der Waals surface area contributed by atoms with Crippen molar-refractivity contribution < 1.29 is 23.0 Å². The zero-order valence-electron chi connectivity index (χ0n) is 7.34. The van der Waals surface area contributed by atoms with Crippen molar-refractivity contribution in [2.75, 3.05) is 0 Å². The van der Waals surface area contributed by atoms with Gasteiger partial charge in [0.25, 0.3) is 0 Å². The zero-order valence-corrected chi connectivity index (χ0v) is 7.34. The molecule has 1 aromatic heterocycles. The summed E-state index contributed by atoms with van der Waals surface area (Å²) < 4.78 is 35.8. The van der Waals surface area contributed by atoms with Crippen molar-refractivity contribution in [3.63, 3.8) is 0 Å². The summed E-state index contributed by atoms with van der Waals surface area (Å²) in [7, 11) is 0. The molecule has 0 saturated heterocycles. The summed E-state index contributed by atoms with van der Waals surface area (Å²) in [6, 6.07) is 0. The van der Waals surface area contributed by atoms with Crippen molar-refractivity contribution in [3.05, 3.63) is 26.4 Å². The quantitative estimate of drug-likeness (QED) is 0.584. The Hall–Kier alpha value is -2.20. The first-order chi connectivity index (χ1) is 7.20. The number of halogens is 3. The normalized spacial score (nSPS) is 11.4. The van der Waals surface area contributed by atoms with Crippen LogP contribution in [0.3, 0.4) is 0 Å². The van der Waals surface area contributed by atoms with Gasteiger partial charge in [-0.1, -0.05) is 0 Å². The lowest BCUT2D eigenvalue weighted by atomic mass is 10.5. The minimum Gasteiger partial charge on any atom is -0.358 e. The third-order valence-electron chi connectivity index (χ3n) is 1.43. The zero-order chi connectivity index (χ0) is 12.5. The summed E-state index contributed by atoms with van der Waals surface area (Å²) in [5, 5.41) is 23.4. The van der Waals surface area contributed by atoms with Crippen LogP contribution in [0.5, 0.6) is 0 Å². The maximum atomic E-state index is 11.9. The summed E-state index contributed by atoms with van der Waals surface area (Å²) in [6.45, 7) is -1.62. The van der Waals surface area contributed by atoms with E-state index in [2.05, 4.69) is 5.10 Å². The molecule has 0 radical (unpaired) electrons. The minimum absolute atomic E-state index is 0.107. The van der Waals surface area contributed by atoms with E-state index < -0.39 is 34.1 Å². The first-order valence-electron chi connectivity index (χ1n) is 3.63. The van der Waals surface area contributed by atoms with Gasteiger partial charge in [0.1, 0.15) is 6.20 Å². The van der Waals surface area contributed by atoms with Crippen LogP contribution in [0.2, 0.25) is 0 Å². The number of nitrogens with zero attached hydrogens (tertiary/aromatic N) is 4. The maximum Gasteiger partial charge on any atom is 0.467 e. The highest BCUT2D eigenvalue weighted by atomic mass is 19.4. The lowest BCUT2D eigenvalue weighted by Crippen LogP contribution is -2.18. The van der Waals surface area contributed by atoms with Gasteiger partial charge in [-0.25, -0.2) is 0 Å². The second-order valence-corrected chi connectivity index (χ2v) is 2.66. The molecule has 0 aliphatic heterocycles. The van der Waals surface area contributed by atoms with Gasteiger partial charge in [-0.15, -0.1) is 0 Å². The molecule has 88 valence electrons. The van der Waals surface area contributed by atoms with Crippen molar-refractivity contribution in [2.45, 2.75) is 12.7 Å². The van der Waals surface area contributed by atoms with Crippen LogP contribution in [0.1, 0.15) is 0 Å². The SMILES string of the molecule is O=[N+]([O-])c1cn(CC(F)(F)F)nc1[N+](=O)[O-]. The lowest BCUT2D eigenvalue weighted by Gasteiger charge is -2.01. The van der Waals surface area contributed by atoms with Crippen molar-refractivity contribution in [1.29, 1.82) is 0 Å². The van der Waals surface area contributed by atoms with Crippen LogP contribution in [-0.4, -0.2) is 25.8 Å². The van der Waals surface area contributed by atoms with Crippen LogP contribution in [0.4, 0.5) is 24.7 Å². The standard InChI is InChI=1S/C5H3F3N4O4/c6-5(7,8)2-10-1-3(11(13)14)4(9-10)12(15)16/h1H,2H2. The van der Waals surface area contributed by atoms with Gasteiger partial charge in [0.15, 0.2) is 6.54 Å². The number of alkyl halides is 3. The molecule has 11 heteroatoms. The van der Waals surface area contributed by atoms with Gasteiger partial charge >= 0.3 is 17.7 Å². The molecule has 0 bridgehead atoms. The Labute approximate surface area is 84.6 Å². The largest absolute Gasteiger partial charge is 0.467 e.